The molecule has 0 bridgehead atoms. The maximum atomic E-state index is 6.64. The lowest BCUT2D eigenvalue weighted by molar-refractivity contribution is 0.0987. The Hall–Kier alpha value is -0.860. The second-order valence-electron chi connectivity index (χ2n) is 7.07. The van der Waals surface area contributed by atoms with E-state index < -0.39 is 0 Å². The summed E-state index contributed by atoms with van der Waals surface area (Å²) in [4.78, 5) is 0. The summed E-state index contributed by atoms with van der Waals surface area (Å²) in [6, 6.07) is 10.9. The standard InChI is InChI=1S/C19H29NO/c20-19(12-4-8-18-9-5-15-21-18)13-10-17(11-14-19)16-6-2-1-3-7-16/h1-3,6-7,17-18H,4-5,8-15,20H2. The maximum Gasteiger partial charge on any atom is 0.0576 e. The zero-order valence-electron chi connectivity index (χ0n) is 13.1. The van der Waals surface area contributed by atoms with Crippen LogP contribution in [0.1, 0.15) is 69.3 Å². The Morgan fingerprint density at radius 2 is 1.86 bits per heavy atom. The molecule has 1 aromatic rings. The van der Waals surface area contributed by atoms with Gasteiger partial charge in [-0.1, -0.05) is 30.3 Å². The van der Waals surface area contributed by atoms with E-state index in [1.807, 2.05) is 0 Å². The van der Waals surface area contributed by atoms with E-state index in [9.17, 15) is 0 Å². The summed E-state index contributed by atoms with van der Waals surface area (Å²) in [6.07, 6.45) is 11.5. The van der Waals surface area contributed by atoms with Crippen molar-refractivity contribution in [2.24, 2.45) is 5.73 Å². The van der Waals surface area contributed by atoms with Crippen LogP contribution in [0.4, 0.5) is 0 Å². The van der Waals surface area contributed by atoms with Gasteiger partial charge in [-0.2, -0.15) is 0 Å². The summed E-state index contributed by atoms with van der Waals surface area (Å²) < 4.78 is 5.71. The normalized spacial score (nSPS) is 33.2. The third-order valence-electron chi connectivity index (χ3n) is 5.48. The van der Waals surface area contributed by atoms with Gasteiger partial charge in [0.05, 0.1) is 6.10 Å². The summed E-state index contributed by atoms with van der Waals surface area (Å²) in [5.41, 5.74) is 8.23. The van der Waals surface area contributed by atoms with Gasteiger partial charge in [0.1, 0.15) is 0 Å². The van der Waals surface area contributed by atoms with Crippen molar-refractivity contribution in [1.29, 1.82) is 0 Å². The highest BCUT2D eigenvalue weighted by molar-refractivity contribution is 5.20. The predicted molar refractivity (Wildman–Crippen MR) is 87.4 cm³/mol. The SMILES string of the molecule is NC1(CCCC2CCCO2)CCC(c2ccccc2)CC1. The van der Waals surface area contributed by atoms with Crippen molar-refractivity contribution < 1.29 is 4.74 Å². The Labute approximate surface area is 129 Å². The van der Waals surface area contributed by atoms with Gasteiger partial charge in [-0.3, -0.25) is 0 Å². The molecule has 3 rings (SSSR count). The molecule has 1 saturated heterocycles. The van der Waals surface area contributed by atoms with Crippen molar-refractivity contribution in [3.05, 3.63) is 35.9 Å². The third kappa shape index (κ3) is 4.08. The molecule has 0 amide bonds. The molecule has 1 unspecified atom stereocenters. The summed E-state index contributed by atoms with van der Waals surface area (Å²) in [7, 11) is 0. The highest BCUT2D eigenvalue weighted by atomic mass is 16.5. The maximum absolute atomic E-state index is 6.64. The van der Waals surface area contributed by atoms with E-state index in [1.165, 1.54) is 63.4 Å². The van der Waals surface area contributed by atoms with Crippen LogP contribution in [0, 0.1) is 0 Å². The van der Waals surface area contributed by atoms with E-state index in [0.717, 1.165) is 12.5 Å². The van der Waals surface area contributed by atoms with Crippen molar-refractivity contribution in [1.82, 2.24) is 0 Å². The highest BCUT2D eigenvalue weighted by Crippen LogP contribution is 2.39. The number of ether oxygens (including phenoxy) is 1. The second kappa shape index (κ2) is 6.93. The van der Waals surface area contributed by atoms with E-state index in [2.05, 4.69) is 30.3 Å². The number of hydrogen-bond donors (Lipinski definition) is 1. The molecule has 2 fully saturated rings. The Bertz CT molecular complexity index is 416. The van der Waals surface area contributed by atoms with Crippen LogP contribution >= 0.6 is 0 Å². The molecule has 2 heteroatoms. The van der Waals surface area contributed by atoms with Crippen molar-refractivity contribution >= 4 is 0 Å². The highest BCUT2D eigenvalue weighted by Gasteiger charge is 2.32. The van der Waals surface area contributed by atoms with Gasteiger partial charge in [-0.05, 0) is 69.3 Å². The van der Waals surface area contributed by atoms with Crippen LogP contribution in [0.2, 0.25) is 0 Å². The second-order valence-corrected chi connectivity index (χ2v) is 7.07. The minimum atomic E-state index is 0.0872. The van der Waals surface area contributed by atoms with Gasteiger partial charge in [-0.15, -0.1) is 0 Å². The summed E-state index contributed by atoms with van der Waals surface area (Å²) in [5, 5.41) is 0. The van der Waals surface area contributed by atoms with Gasteiger partial charge < -0.3 is 10.5 Å². The van der Waals surface area contributed by atoms with E-state index in [1.54, 1.807) is 0 Å². The van der Waals surface area contributed by atoms with Crippen LogP contribution in [-0.4, -0.2) is 18.2 Å². The van der Waals surface area contributed by atoms with Gasteiger partial charge in [0, 0.05) is 12.1 Å². The first-order valence-corrected chi connectivity index (χ1v) is 8.71. The lowest BCUT2D eigenvalue weighted by Gasteiger charge is -2.37. The smallest absolute Gasteiger partial charge is 0.0576 e. The Morgan fingerprint density at radius 3 is 2.52 bits per heavy atom. The molecular weight excluding hydrogens is 258 g/mol. The van der Waals surface area contributed by atoms with E-state index >= 15 is 0 Å². The summed E-state index contributed by atoms with van der Waals surface area (Å²) >= 11 is 0. The topological polar surface area (TPSA) is 35.2 Å². The molecule has 2 aliphatic rings. The first-order chi connectivity index (χ1) is 10.3. The zero-order valence-corrected chi connectivity index (χ0v) is 13.1. The predicted octanol–water partition coefficient (Wildman–Crippen LogP) is 4.39. The lowest BCUT2D eigenvalue weighted by atomic mass is 9.72. The minimum Gasteiger partial charge on any atom is -0.378 e. The van der Waals surface area contributed by atoms with Crippen LogP contribution < -0.4 is 5.73 Å². The van der Waals surface area contributed by atoms with Crippen LogP contribution in [0.15, 0.2) is 30.3 Å². The molecule has 1 atom stereocenters. The lowest BCUT2D eigenvalue weighted by Crippen LogP contribution is -2.43. The molecule has 2 nitrogen and oxygen atoms in total. The van der Waals surface area contributed by atoms with Crippen LogP contribution in [-0.2, 0) is 4.74 Å². The van der Waals surface area contributed by atoms with Crippen molar-refractivity contribution in [2.45, 2.75) is 75.3 Å². The average Bonchev–Trinajstić information content (AvgIpc) is 3.02. The fourth-order valence-corrected chi connectivity index (χ4v) is 4.06. The number of rotatable bonds is 5. The third-order valence-corrected chi connectivity index (χ3v) is 5.48. The van der Waals surface area contributed by atoms with E-state index in [0.29, 0.717) is 6.10 Å². The number of hydrogen-bond acceptors (Lipinski definition) is 2. The number of benzene rings is 1. The molecule has 116 valence electrons. The van der Waals surface area contributed by atoms with Crippen molar-refractivity contribution in [2.75, 3.05) is 6.61 Å². The van der Waals surface area contributed by atoms with Gasteiger partial charge in [-0.25, -0.2) is 0 Å². The average molecular weight is 287 g/mol. The quantitative estimate of drug-likeness (QED) is 0.871. The minimum absolute atomic E-state index is 0.0872. The molecule has 1 saturated carbocycles. The Kier molecular flexibility index (Phi) is 4.97. The Morgan fingerprint density at radius 1 is 1.10 bits per heavy atom. The number of nitrogens with two attached hydrogens (primary N) is 1. The molecule has 1 aromatic carbocycles. The largest absolute Gasteiger partial charge is 0.378 e. The van der Waals surface area contributed by atoms with Crippen LogP contribution in [0.3, 0.4) is 0 Å². The fourth-order valence-electron chi connectivity index (χ4n) is 4.06. The first kappa shape index (κ1) is 15.1. The Balaban J connectivity index is 1.43. The van der Waals surface area contributed by atoms with Gasteiger partial charge in [0.25, 0.3) is 0 Å². The molecule has 1 aliphatic carbocycles. The van der Waals surface area contributed by atoms with Gasteiger partial charge in [0.2, 0.25) is 0 Å². The van der Waals surface area contributed by atoms with Crippen molar-refractivity contribution in [3.8, 4) is 0 Å². The van der Waals surface area contributed by atoms with Crippen LogP contribution in [0.25, 0.3) is 0 Å². The molecule has 1 aliphatic heterocycles. The molecular formula is C19H29NO. The monoisotopic (exact) mass is 287 g/mol. The molecule has 21 heavy (non-hydrogen) atoms. The fraction of sp³-hybridized carbons (Fsp3) is 0.684. The van der Waals surface area contributed by atoms with E-state index in [-0.39, 0.29) is 5.54 Å². The summed E-state index contributed by atoms with van der Waals surface area (Å²) in [5.74, 6) is 0.723. The first-order valence-electron chi connectivity index (χ1n) is 8.71. The molecule has 0 aromatic heterocycles. The van der Waals surface area contributed by atoms with E-state index in [4.69, 9.17) is 10.5 Å². The van der Waals surface area contributed by atoms with Crippen LogP contribution in [0.5, 0.6) is 0 Å². The molecule has 0 spiro atoms. The molecule has 0 radical (unpaired) electrons. The molecule has 2 N–H and O–H groups in total. The van der Waals surface area contributed by atoms with Gasteiger partial charge >= 0.3 is 0 Å². The van der Waals surface area contributed by atoms with Gasteiger partial charge in [0.15, 0.2) is 0 Å². The summed E-state index contributed by atoms with van der Waals surface area (Å²) in [6.45, 7) is 0.969. The van der Waals surface area contributed by atoms with Crippen molar-refractivity contribution in [3.63, 3.8) is 0 Å². The zero-order chi connectivity index (χ0) is 14.5. The molecule has 1 heterocycles.